The molecule has 0 unspecified atom stereocenters. The van der Waals surface area contributed by atoms with Crippen LogP contribution in [0.4, 0.5) is 0 Å². The van der Waals surface area contributed by atoms with Gasteiger partial charge in [0.1, 0.15) is 0 Å². The van der Waals surface area contributed by atoms with Crippen LogP contribution in [0.15, 0.2) is 59.1 Å². The number of hydrogen-bond donors (Lipinski definition) is 0. The van der Waals surface area contributed by atoms with E-state index in [0.717, 1.165) is 16.7 Å². The van der Waals surface area contributed by atoms with Crippen LogP contribution in [-0.2, 0) is 16.1 Å². The number of aryl methyl sites for hydroxylation is 1. The molecule has 3 rings (SSSR count). The van der Waals surface area contributed by atoms with E-state index >= 15 is 0 Å². The third-order valence-corrected chi connectivity index (χ3v) is 3.65. The lowest BCUT2D eigenvalue weighted by atomic mass is 10.1. The first kappa shape index (κ1) is 16.9. The lowest BCUT2D eigenvalue weighted by Gasteiger charge is -1.97. The van der Waals surface area contributed by atoms with Crippen molar-refractivity contribution in [2.75, 3.05) is 0 Å². The van der Waals surface area contributed by atoms with Gasteiger partial charge in [-0.3, -0.25) is 0 Å². The summed E-state index contributed by atoms with van der Waals surface area (Å²) in [7, 11) is 0. The van der Waals surface area contributed by atoms with Crippen LogP contribution in [0.5, 0.6) is 0 Å². The largest absolute Gasteiger partial charge is 0.452 e. The predicted molar refractivity (Wildman–Crippen MR) is 94.8 cm³/mol. The third-order valence-electron chi connectivity index (χ3n) is 3.40. The quantitative estimate of drug-likeness (QED) is 0.500. The van der Waals surface area contributed by atoms with Crippen molar-refractivity contribution in [3.63, 3.8) is 0 Å². The van der Waals surface area contributed by atoms with Crippen LogP contribution < -0.4 is 0 Å². The molecule has 0 atom stereocenters. The van der Waals surface area contributed by atoms with Crippen molar-refractivity contribution < 1.29 is 14.1 Å². The van der Waals surface area contributed by atoms with Crippen molar-refractivity contribution in [2.24, 2.45) is 0 Å². The molecule has 0 amide bonds. The molecule has 0 aliphatic carbocycles. The Morgan fingerprint density at radius 2 is 1.88 bits per heavy atom. The molecule has 0 radical (unpaired) electrons. The van der Waals surface area contributed by atoms with E-state index in [4.69, 9.17) is 20.9 Å². The van der Waals surface area contributed by atoms with Gasteiger partial charge in [0.25, 0.3) is 5.89 Å². The highest BCUT2D eigenvalue weighted by Crippen LogP contribution is 2.18. The Bertz CT molecular complexity index is 884. The second-order valence-corrected chi connectivity index (χ2v) is 5.81. The van der Waals surface area contributed by atoms with Gasteiger partial charge in [-0.25, -0.2) is 4.79 Å². The second-order valence-electron chi connectivity index (χ2n) is 5.37. The van der Waals surface area contributed by atoms with Gasteiger partial charge >= 0.3 is 5.97 Å². The highest BCUT2D eigenvalue weighted by molar-refractivity contribution is 6.30. The van der Waals surface area contributed by atoms with Gasteiger partial charge in [-0.1, -0.05) is 46.6 Å². The summed E-state index contributed by atoms with van der Waals surface area (Å²) in [6, 6.07) is 14.8. The zero-order chi connectivity index (χ0) is 17.6. The fourth-order valence-electron chi connectivity index (χ4n) is 2.05. The lowest BCUT2D eigenvalue weighted by Crippen LogP contribution is -2.00. The van der Waals surface area contributed by atoms with Crippen molar-refractivity contribution >= 4 is 23.6 Å². The predicted octanol–water partition coefficient (Wildman–Crippen LogP) is 4.46. The van der Waals surface area contributed by atoms with Crippen LogP contribution in [0, 0.1) is 6.92 Å². The molecule has 0 fully saturated rings. The zero-order valence-electron chi connectivity index (χ0n) is 13.5. The van der Waals surface area contributed by atoms with Crippen molar-refractivity contribution in [2.45, 2.75) is 13.5 Å². The Balaban J connectivity index is 1.55. The molecule has 3 aromatic rings. The Morgan fingerprint density at radius 3 is 2.60 bits per heavy atom. The first-order valence-electron chi connectivity index (χ1n) is 7.60. The van der Waals surface area contributed by atoms with Gasteiger partial charge in [0.15, 0.2) is 6.61 Å². The zero-order valence-corrected chi connectivity index (χ0v) is 14.2. The molecule has 6 heteroatoms. The molecule has 0 N–H and O–H groups in total. The van der Waals surface area contributed by atoms with E-state index in [-0.39, 0.29) is 12.5 Å². The molecule has 0 spiro atoms. The molecule has 5 nitrogen and oxygen atoms in total. The first-order valence-corrected chi connectivity index (χ1v) is 7.98. The maximum Gasteiger partial charge on any atom is 0.331 e. The second kappa shape index (κ2) is 7.77. The van der Waals surface area contributed by atoms with Gasteiger partial charge in [-0.15, -0.1) is 0 Å². The molecule has 0 saturated carbocycles. The van der Waals surface area contributed by atoms with Gasteiger partial charge in [0, 0.05) is 16.7 Å². The van der Waals surface area contributed by atoms with E-state index in [1.165, 1.54) is 6.08 Å². The van der Waals surface area contributed by atoms with Gasteiger partial charge in [0.05, 0.1) is 0 Å². The number of halogens is 1. The Labute approximate surface area is 149 Å². The monoisotopic (exact) mass is 354 g/mol. The van der Waals surface area contributed by atoms with E-state index in [1.807, 2.05) is 31.2 Å². The minimum atomic E-state index is -0.480. The van der Waals surface area contributed by atoms with E-state index in [0.29, 0.717) is 10.8 Å². The molecule has 0 aliphatic heterocycles. The Hall–Kier alpha value is -2.92. The fraction of sp³-hybridized carbons (Fsp3) is 0.105. The van der Waals surface area contributed by atoms with Crippen molar-refractivity contribution in [3.05, 3.63) is 76.6 Å². The minimum absolute atomic E-state index is 0.0857. The highest BCUT2D eigenvalue weighted by Gasteiger charge is 2.10. The maximum atomic E-state index is 11.8. The third kappa shape index (κ3) is 4.78. The number of benzene rings is 2. The molecule has 25 heavy (non-hydrogen) atoms. The van der Waals surface area contributed by atoms with E-state index < -0.39 is 5.97 Å². The normalized spacial score (nSPS) is 11.0. The number of aromatic nitrogens is 2. The molecule has 0 aliphatic rings. The average Bonchev–Trinajstić information content (AvgIpc) is 3.09. The molecule has 2 aromatic carbocycles. The number of ether oxygens (including phenoxy) is 1. The number of carbonyl (C=O) groups is 1. The number of nitrogens with zero attached hydrogens (tertiary/aromatic N) is 2. The smallest absolute Gasteiger partial charge is 0.331 e. The van der Waals surface area contributed by atoms with E-state index in [2.05, 4.69) is 10.1 Å². The van der Waals surface area contributed by atoms with Gasteiger partial charge < -0.3 is 9.26 Å². The maximum absolute atomic E-state index is 11.8. The summed E-state index contributed by atoms with van der Waals surface area (Å²) in [5, 5.41) is 4.48. The molecule has 0 bridgehead atoms. The summed E-state index contributed by atoms with van der Waals surface area (Å²) in [4.78, 5) is 15.9. The number of rotatable bonds is 5. The van der Waals surface area contributed by atoms with Gasteiger partial charge in [-0.2, -0.15) is 4.98 Å². The van der Waals surface area contributed by atoms with Crippen LogP contribution in [0.1, 0.15) is 17.0 Å². The van der Waals surface area contributed by atoms with Crippen LogP contribution in [0.2, 0.25) is 5.02 Å². The number of hydrogen-bond acceptors (Lipinski definition) is 5. The standard InChI is InChI=1S/C19H15ClN2O3/c1-13-2-4-14(5-3-13)6-11-18(23)24-12-17-21-19(22-25-17)15-7-9-16(20)10-8-15/h2-11H,12H2,1H3. The number of esters is 1. The topological polar surface area (TPSA) is 65.2 Å². The first-order chi connectivity index (χ1) is 12.1. The van der Waals surface area contributed by atoms with Crippen LogP contribution in [-0.4, -0.2) is 16.1 Å². The van der Waals surface area contributed by atoms with E-state index in [9.17, 15) is 4.79 Å². The molecule has 1 aromatic heterocycles. The molecular weight excluding hydrogens is 340 g/mol. The Morgan fingerprint density at radius 1 is 1.16 bits per heavy atom. The summed E-state index contributed by atoms with van der Waals surface area (Å²) in [5.74, 6) is 0.159. The summed E-state index contributed by atoms with van der Waals surface area (Å²) >= 11 is 5.84. The molecular formula is C19H15ClN2O3. The van der Waals surface area contributed by atoms with Crippen LogP contribution >= 0.6 is 11.6 Å². The van der Waals surface area contributed by atoms with E-state index in [1.54, 1.807) is 30.3 Å². The summed E-state index contributed by atoms with van der Waals surface area (Å²) in [6.45, 7) is 1.92. The lowest BCUT2D eigenvalue weighted by molar-refractivity contribution is -0.139. The SMILES string of the molecule is Cc1ccc(C=CC(=O)OCc2nc(-c3ccc(Cl)cc3)no2)cc1. The summed E-state index contributed by atoms with van der Waals surface area (Å²) < 4.78 is 10.2. The van der Waals surface area contributed by atoms with Crippen LogP contribution in [0.3, 0.4) is 0 Å². The van der Waals surface area contributed by atoms with Gasteiger partial charge in [0.2, 0.25) is 5.82 Å². The number of carbonyl (C=O) groups excluding carboxylic acids is 1. The van der Waals surface area contributed by atoms with Crippen LogP contribution in [0.25, 0.3) is 17.5 Å². The summed E-state index contributed by atoms with van der Waals surface area (Å²) in [6.07, 6.45) is 3.05. The highest BCUT2D eigenvalue weighted by atomic mass is 35.5. The van der Waals surface area contributed by atoms with Crippen molar-refractivity contribution in [3.8, 4) is 11.4 Å². The minimum Gasteiger partial charge on any atom is -0.452 e. The van der Waals surface area contributed by atoms with Gasteiger partial charge in [-0.05, 0) is 42.8 Å². The van der Waals surface area contributed by atoms with Crippen molar-refractivity contribution in [1.82, 2.24) is 10.1 Å². The average molecular weight is 355 g/mol. The van der Waals surface area contributed by atoms with Crippen molar-refractivity contribution in [1.29, 1.82) is 0 Å². The molecule has 1 heterocycles. The summed E-state index contributed by atoms with van der Waals surface area (Å²) in [5.41, 5.74) is 2.85. The molecule has 126 valence electrons. The Kier molecular flexibility index (Phi) is 5.26. The fourth-order valence-corrected chi connectivity index (χ4v) is 2.18. The molecule has 0 saturated heterocycles.